The number of oxazole rings is 1. The highest BCUT2D eigenvalue weighted by Gasteiger charge is 2.19. The number of fused-ring (bicyclic) bond motifs is 1. The first-order valence-electron chi connectivity index (χ1n) is 11.2. The zero-order valence-electron chi connectivity index (χ0n) is 19.1. The first-order valence-corrected chi connectivity index (χ1v) is 11.2. The molecule has 9 heteroatoms. The zero-order chi connectivity index (χ0) is 24.2. The van der Waals surface area contributed by atoms with Gasteiger partial charge in [-0.3, -0.25) is 4.79 Å². The average Bonchev–Trinajstić information content (AvgIpc) is 3.26. The maximum atomic E-state index is 12.4. The number of anilines is 1. The van der Waals surface area contributed by atoms with Crippen molar-refractivity contribution in [3.8, 4) is 28.4 Å². The number of ether oxygens (including phenoxy) is 2. The molecular weight excluding hydrogens is 448 g/mol. The standard InChI is InChI=1S/C26H24N4O5/c1-33-20-7-3-6-19(13-20)18-5-2-4-17(12-18)14-27-11-10-21-15-30(26(32)35-21)23-9-8-22-25(28-23)29-24(31)16-34-22/h2-9,12-13,15,27H,10-11,14,16H2,1H3,(H,28,29,31). The molecule has 0 atom stereocenters. The van der Waals surface area contributed by atoms with Gasteiger partial charge in [-0.2, -0.15) is 0 Å². The van der Waals surface area contributed by atoms with Crippen LogP contribution < -0.4 is 25.9 Å². The second kappa shape index (κ2) is 9.86. The van der Waals surface area contributed by atoms with Crippen LogP contribution in [-0.2, 0) is 17.8 Å². The summed E-state index contributed by atoms with van der Waals surface area (Å²) in [4.78, 5) is 28.2. The molecule has 2 aromatic carbocycles. The van der Waals surface area contributed by atoms with Gasteiger partial charge < -0.3 is 24.5 Å². The Morgan fingerprint density at radius 3 is 2.77 bits per heavy atom. The first-order chi connectivity index (χ1) is 17.1. The van der Waals surface area contributed by atoms with E-state index in [2.05, 4.69) is 39.9 Å². The van der Waals surface area contributed by atoms with Crippen LogP contribution in [0.4, 0.5) is 5.82 Å². The third kappa shape index (κ3) is 5.10. The summed E-state index contributed by atoms with van der Waals surface area (Å²) in [6.07, 6.45) is 2.15. The van der Waals surface area contributed by atoms with Gasteiger partial charge in [0.05, 0.1) is 13.3 Å². The van der Waals surface area contributed by atoms with Crippen LogP contribution in [0.5, 0.6) is 11.5 Å². The molecule has 4 aromatic rings. The summed E-state index contributed by atoms with van der Waals surface area (Å²) in [5, 5.41) is 6.03. The SMILES string of the molecule is COc1cccc(-c2cccc(CNCCc3cn(-c4ccc5c(n4)NC(=O)CO5)c(=O)o3)c2)c1. The van der Waals surface area contributed by atoms with E-state index in [1.165, 1.54) is 4.57 Å². The molecule has 1 aliphatic rings. The maximum Gasteiger partial charge on any atom is 0.424 e. The van der Waals surface area contributed by atoms with E-state index >= 15 is 0 Å². The Labute approximate surface area is 201 Å². The zero-order valence-corrected chi connectivity index (χ0v) is 19.1. The first kappa shape index (κ1) is 22.4. The molecule has 2 aromatic heterocycles. The lowest BCUT2D eigenvalue weighted by molar-refractivity contribution is -0.118. The van der Waals surface area contributed by atoms with Crippen molar-refractivity contribution in [3.05, 3.63) is 88.7 Å². The third-order valence-electron chi connectivity index (χ3n) is 5.60. The summed E-state index contributed by atoms with van der Waals surface area (Å²) in [5.41, 5.74) is 3.36. The molecule has 3 heterocycles. The van der Waals surface area contributed by atoms with Gasteiger partial charge in [0, 0.05) is 19.5 Å². The number of carbonyl (C=O) groups excluding carboxylic acids is 1. The Morgan fingerprint density at radius 2 is 1.91 bits per heavy atom. The molecule has 0 bridgehead atoms. The van der Waals surface area contributed by atoms with Crippen molar-refractivity contribution in [1.29, 1.82) is 0 Å². The smallest absolute Gasteiger partial charge is 0.424 e. The molecular formula is C26H24N4O5. The fraction of sp³-hybridized carbons (Fsp3) is 0.192. The third-order valence-corrected chi connectivity index (χ3v) is 5.60. The van der Waals surface area contributed by atoms with Crippen molar-refractivity contribution < 1.29 is 18.7 Å². The molecule has 5 rings (SSSR count). The van der Waals surface area contributed by atoms with E-state index in [-0.39, 0.29) is 18.3 Å². The van der Waals surface area contributed by atoms with E-state index in [0.717, 1.165) is 22.4 Å². The quantitative estimate of drug-likeness (QED) is 0.379. The van der Waals surface area contributed by atoms with Crippen molar-refractivity contribution in [2.45, 2.75) is 13.0 Å². The predicted octanol–water partition coefficient (Wildman–Crippen LogP) is 3.16. The number of rotatable bonds is 8. The van der Waals surface area contributed by atoms with Crippen LogP contribution in [0.25, 0.3) is 16.9 Å². The number of carbonyl (C=O) groups is 1. The molecule has 0 saturated carbocycles. The molecule has 178 valence electrons. The number of benzene rings is 2. The normalized spacial score (nSPS) is 12.5. The molecule has 1 aliphatic heterocycles. The van der Waals surface area contributed by atoms with Gasteiger partial charge in [-0.05, 0) is 47.0 Å². The van der Waals surface area contributed by atoms with Crippen LogP contribution in [0.15, 0.2) is 76.1 Å². The van der Waals surface area contributed by atoms with E-state index in [9.17, 15) is 9.59 Å². The van der Waals surface area contributed by atoms with Crippen LogP contribution in [0.1, 0.15) is 11.3 Å². The molecule has 0 fully saturated rings. The van der Waals surface area contributed by atoms with Crippen LogP contribution in [-0.4, -0.2) is 35.7 Å². The van der Waals surface area contributed by atoms with Crippen LogP contribution >= 0.6 is 0 Å². The molecule has 2 N–H and O–H groups in total. The minimum absolute atomic E-state index is 0.0534. The minimum Gasteiger partial charge on any atom is -0.497 e. The highest BCUT2D eigenvalue weighted by atomic mass is 16.5. The van der Waals surface area contributed by atoms with Gasteiger partial charge in [-0.1, -0.05) is 30.3 Å². The second-order valence-electron chi connectivity index (χ2n) is 8.05. The van der Waals surface area contributed by atoms with Gasteiger partial charge in [0.25, 0.3) is 5.91 Å². The average molecular weight is 473 g/mol. The van der Waals surface area contributed by atoms with Crippen molar-refractivity contribution >= 4 is 11.7 Å². The Balaban J connectivity index is 1.20. The molecule has 0 unspecified atom stereocenters. The number of hydrogen-bond donors (Lipinski definition) is 2. The summed E-state index contributed by atoms with van der Waals surface area (Å²) in [6.45, 7) is 1.24. The fourth-order valence-electron chi connectivity index (χ4n) is 3.86. The predicted molar refractivity (Wildman–Crippen MR) is 130 cm³/mol. The minimum atomic E-state index is -0.540. The summed E-state index contributed by atoms with van der Waals surface area (Å²) >= 11 is 0. The Morgan fingerprint density at radius 1 is 1.09 bits per heavy atom. The van der Waals surface area contributed by atoms with Gasteiger partial charge in [-0.25, -0.2) is 14.3 Å². The number of amides is 1. The van der Waals surface area contributed by atoms with E-state index in [0.29, 0.717) is 36.8 Å². The highest BCUT2D eigenvalue weighted by Crippen LogP contribution is 2.26. The van der Waals surface area contributed by atoms with Gasteiger partial charge >= 0.3 is 5.76 Å². The maximum absolute atomic E-state index is 12.4. The van der Waals surface area contributed by atoms with Crippen LogP contribution in [0, 0.1) is 0 Å². The Hall–Kier alpha value is -4.37. The lowest BCUT2D eigenvalue weighted by Gasteiger charge is -2.17. The van der Waals surface area contributed by atoms with Gasteiger partial charge in [0.1, 0.15) is 17.3 Å². The Kier molecular flexibility index (Phi) is 6.32. The van der Waals surface area contributed by atoms with E-state index in [1.54, 1.807) is 25.4 Å². The largest absolute Gasteiger partial charge is 0.497 e. The number of nitrogens with one attached hydrogen (secondary N) is 2. The van der Waals surface area contributed by atoms with Crippen molar-refractivity contribution in [2.75, 3.05) is 25.6 Å². The van der Waals surface area contributed by atoms with E-state index in [1.807, 2.05) is 24.3 Å². The molecule has 0 saturated heterocycles. The van der Waals surface area contributed by atoms with Crippen LogP contribution in [0.2, 0.25) is 0 Å². The van der Waals surface area contributed by atoms with Gasteiger partial charge in [0.2, 0.25) is 0 Å². The number of nitrogens with zero attached hydrogens (tertiary/aromatic N) is 2. The molecule has 0 radical (unpaired) electrons. The van der Waals surface area contributed by atoms with Gasteiger partial charge in [0.15, 0.2) is 18.2 Å². The number of aromatic nitrogens is 2. The van der Waals surface area contributed by atoms with E-state index in [4.69, 9.17) is 13.9 Å². The summed E-state index contributed by atoms with van der Waals surface area (Å²) < 4.78 is 17.3. The van der Waals surface area contributed by atoms with Crippen LogP contribution in [0.3, 0.4) is 0 Å². The lowest BCUT2D eigenvalue weighted by Crippen LogP contribution is -2.26. The summed E-state index contributed by atoms with van der Waals surface area (Å²) in [5.74, 6) is 1.62. The molecule has 0 spiro atoms. The molecule has 9 nitrogen and oxygen atoms in total. The summed E-state index contributed by atoms with van der Waals surface area (Å²) in [6, 6.07) is 19.6. The van der Waals surface area contributed by atoms with Crippen molar-refractivity contribution in [1.82, 2.24) is 14.9 Å². The topological polar surface area (TPSA) is 108 Å². The van der Waals surface area contributed by atoms with Crippen molar-refractivity contribution in [3.63, 3.8) is 0 Å². The fourth-order valence-corrected chi connectivity index (χ4v) is 3.86. The highest BCUT2D eigenvalue weighted by molar-refractivity contribution is 5.94. The molecule has 35 heavy (non-hydrogen) atoms. The molecule has 0 aliphatic carbocycles. The monoisotopic (exact) mass is 472 g/mol. The lowest BCUT2D eigenvalue weighted by atomic mass is 10.0. The Bertz CT molecular complexity index is 1430. The number of hydrogen-bond acceptors (Lipinski definition) is 7. The summed E-state index contributed by atoms with van der Waals surface area (Å²) in [7, 11) is 1.66. The van der Waals surface area contributed by atoms with E-state index < -0.39 is 5.76 Å². The number of pyridine rings is 1. The van der Waals surface area contributed by atoms with Crippen molar-refractivity contribution in [2.24, 2.45) is 0 Å². The van der Waals surface area contributed by atoms with Gasteiger partial charge in [-0.15, -0.1) is 0 Å². The number of methoxy groups -OCH3 is 1. The molecule has 1 amide bonds. The second-order valence-corrected chi connectivity index (χ2v) is 8.05.